The van der Waals surface area contributed by atoms with E-state index in [0.29, 0.717) is 17.3 Å². The van der Waals surface area contributed by atoms with Crippen LogP contribution in [0.15, 0.2) is 57.8 Å². The lowest BCUT2D eigenvalue weighted by Gasteiger charge is -2.06. The Labute approximate surface area is 143 Å². The standard InChI is InChI=1S/C18H17N5O2/c1-22-13-10-6-9-12(15(13)23(2)18(22)24)17-20-16(21-25-17)14(19)11-7-4-3-5-8-11/h3-10,14H,19H2,1-2H3. The van der Waals surface area contributed by atoms with Crippen molar-refractivity contribution in [2.45, 2.75) is 6.04 Å². The molecule has 2 heterocycles. The molecule has 2 aromatic heterocycles. The Morgan fingerprint density at radius 2 is 1.80 bits per heavy atom. The molecule has 25 heavy (non-hydrogen) atoms. The van der Waals surface area contributed by atoms with Crippen LogP contribution in [0.2, 0.25) is 0 Å². The van der Waals surface area contributed by atoms with Crippen LogP contribution in [-0.2, 0) is 14.1 Å². The Kier molecular flexibility index (Phi) is 3.51. The number of rotatable bonds is 3. The van der Waals surface area contributed by atoms with E-state index in [2.05, 4.69) is 10.1 Å². The van der Waals surface area contributed by atoms with Crippen molar-refractivity contribution in [3.05, 3.63) is 70.4 Å². The fourth-order valence-corrected chi connectivity index (χ4v) is 3.03. The second-order valence-electron chi connectivity index (χ2n) is 5.92. The summed E-state index contributed by atoms with van der Waals surface area (Å²) >= 11 is 0. The molecule has 0 aliphatic carbocycles. The molecule has 0 saturated carbocycles. The Balaban J connectivity index is 1.83. The van der Waals surface area contributed by atoms with Crippen LogP contribution in [0.1, 0.15) is 17.4 Å². The fourth-order valence-electron chi connectivity index (χ4n) is 3.03. The van der Waals surface area contributed by atoms with Crippen molar-refractivity contribution >= 4 is 11.0 Å². The van der Waals surface area contributed by atoms with E-state index >= 15 is 0 Å². The molecule has 0 amide bonds. The van der Waals surface area contributed by atoms with Gasteiger partial charge in [-0.3, -0.25) is 9.13 Å². The number of imidazole rings is 1. The minimum Gasteiger partial charge on any atom is -0.334 e. The molecule has 0 bridgehead atoms. The van der Waals surface area contributed by atoms with Gasteiger partial charge in [0, 0.05) is 14.1 Å². The van der Waals surface area contributed by atoms with Crippen LogP contribution in [0.5, 0.6) is 0 Å². The third-order valence-electron chi connectivity index (χ3n) is 4.39. The van der Waals surface area contributed by atoms with Gasteiger partial charge in [-0.25, -0.2) is 4.79 Å². The van der Waals surface area contributed by atoms with E-state index in [4.69, 9.17) is 10.3 Å². The van der Waals surface area contributed by atoms with Crippen LogP contribution in [0, 0.1) is 0 Å². The molecule has 2 N–H and O–H groups in total. The van der Waals surface area contributed by atoms with Gasteiger partial charge in [0.05, 0.1) is 22.6 Å². The maximum absolute atomic E-state index is 12.2. The molecule has 4 rings (SSSR count). The lowest BCUT2D eigenvalue weighted by atomic mass is 10.1. The van der Waals surface area contributed by atoms with Crippen LogP contribution in [-0.4, -0.2) is 19.3 Å². The molecule has 7 heteroatoms. The first kappa shape index (κ1) is 15.3. The Morgan fingerprint density at radius 3 is 2.56 bits per heavy atom. The van der Waals surface area contributed by atoms with Gasteiger partial charge in [-0.15, -0.1) is 0 Å². The molecule has 126 valence electrons. The predicted molar refractivity (Wildman–Crippen MR) is 93.9 cm³/mol. The van der Waals surface area contributed by atoms with Gasteiger partial charge in [-0.2, -0.15) is 4.98 Å². The quantitative estimate of drug-likeness (QED) is 0.618. The minimum absolute atomic E-state index is 0.108. The van der Waals surface area contributed by atoms with Crippen molar-refractivity contribution in [2.75, 3.05) is 0 Å². The summed E-state index contributed by atoms with van der Waals surface area (Å²) in [6.45, 7) is 0. The van der Waals surface area contributed by atoms with Gasteiger partial charge >= 0.3 is 5.69 Å². The second-order valence-corrected chi connectivity index (χ2v) is 5.92. The highest BCUT2D eigenvalue weighted by Gasteiger charge is 2.20. The van der Waals surface area contributed by atoms with Crippen molar-refractivity contribution in [1.82, 2.24) is 19.3 Å². The van der Waals surface area contributed by atoms with Crippen molar-refractivity contribution in [2.24, 2.45) is 19.8 Å². The van der Waals surface area contributed by atoms with E-state index in [1.807, 2.05) is 48.5 Å². The molecule has 1 unspecified atom stereocenters. The zero-order valence-corrected chi connectivity index (χ0v) is 13.9. The average molecular weight is 335 g/mol. The lowest BCUT2D eigenvalue weighted by molar-refractivity contribution is 0.420. The smallest absolute Gasteiger partial charge is 0.328 e. The van der Waals surface area contributed by atoms with Gasteiger partial charge in [0.2, 0.25) is 0 Å². The van der Waals surface area contributed by atoms with Gasteiger partial charge in [0.1, 0.15) is 0 Å². The lowest BCUT2D eigenvalue weighted by Crippen LogP contribution is -2.19. The van der Waals surface area contributed by atoms with Gasteiger partial charge < -0.3 is 10.3 Å². The molecule has 0 fully saturated rings. The summed E-state index contributed by atoms with van der Waals surface area (Å²) in [5.41, 5.74) is 9.29. The van der Waals surface area contributed by atoms with Crippen molar-refractivity contribution in [3.63, 3.8) is 0 Å². The zero-order valence-electron chi connectivity index (χ0n) is 13.9. The fraction of sp³-hybridized carbons (Fsp3) is 0.167. The molecule has 0 radical (unpaired) electrons. The maximum Gasteiger partial charge on any atom is 0.328 e. The molecule has 0 aliphatic heterocycles. The van der Waals surface area contributed by atoms with Crippen LogP contribution in [0.4, 0.5) is 0 Å². The maximum atomic E-state index is 12.2. The summed E-state index contributed by atoms with van der Waals surface area (Å²) in [6.07, 6.45) is 0. The molecular formula is C18H17N5O2. The number of hydrogen-bond donors (Lipinski definition) is 1. The topological polar surface area (TPSA) is 91.9 Å². The summed E-state index contributed by atoms with van der Waals surface area (Å²) in [4.78, 5) is 16.7. The van der Waals surface area contributed by atoms with Gasteiger partial charge in [-0.1, -0.05) is 41.6 Å². The first-order valence-electron chi connectivity index (χ1n) is 7.87. The summed E-state index contributed by atoms with van der Waals surface area (Å²) in [5.74, 6) is 0.743. The molecule has 4 aromatic rings. The van der Waals surface area contributed by atoms with Gasteiger partial charge in [0.15, 0.2) is 5.82 Å². The van der Waals surface area contributed by atoms with E-state index in [1.165, 1.54) is 0 Å². The number of nitrogens with two attached hydrogens (primary N) is 1. The third-order valence-corrected chi connectivity index (χ3v) is 4.39. The molecule has 7 nitrogen and oxygen atoms in total. The third kappa shape index (κ3) is 2.36. The molecular weight excluding hydrogens is 318 g/mol. The van der Waals surface area contributed by atoms with E-state index in [9.17, 15) is 4.79 Å². The number of para-hydroxylation sites is 1. The van der Waals surface area contributed by atoms with E-state index in [0.717, 1.165) is 16.6 Å². The van der Waals surface area contributed by atoms with Gasteiger partial charge in [0.25, 0.3) is 5.89 Å². The van der Waals surface area contributed by atoms with Crippen LogP contribution in [0.3, 0.4) is 0 Å². The molecule has 2 aromatic carbocycles. The number of hydrogen-bond acceptors (Lipinski definition) is 5. The van der Waals surface area contributed by atoms with Crippen molar-refractivity contribution in [3.8, 4) is 11.5 Å². The minimum atomic E-state index is -0.475. The largest absolute Gasteiger partial charge is 0.334 e. The summed E-state index contributed by atoms with van der Waals surface area (Å²) in [5, 5.41) is 4.03. The highest BCUT2D eigenvalue weighted by Crippen LogP contribution is 2.27. The first-order chi connectivity index (χ1) is 12.1. The Bertz CT molecular complexity index is 1110. The summed E-state index contributed by atoms with van der Waals surface area (Å²) in [6, 6.07) is 14.7. The average Bonchev–Trinajstić information content (AvgIpc) is 3.22. The summed E-state index contributed by atoms with van der Waals surface area (Å²) < 4.78 is 8.60. The number of fused-ring (bicyclic) bond motifs is 1. The second kappa shape index (κ2) is 5.71. The predicted octanol–water partition coefficient (Wildman–Crippen LogP) is 1.98. The van der Waals surface area contributed by atoms with E-state index in [-0.39, 0.29) is 5.69 Å². The number of aryl methyl sites for hydroxylation is 2. The monoisotopic (exact) mass is 335 g/mol. The molecule has 0 aliphatic rings. The van der Waals surface area contributed by atoms with Crippen LogP contribution >= 0.6 is 0 Å². The van der Waals surface area contributed by atoms with Crippen molar-refractivity contribution in [1.29, 1.82) is 0 Å². The molecule has 1 atom stereocenters. The SMILES string of the molecule is Cn1c(=O)n(C)c2c(-c3nc(C(N)c4ccccc4)no3)cccc21. The summed E-state index contributed by atoms with van der Waals surface area (Å²) in [7, 11) is 3.46. The highest BCUT2D eigenvalue weighted by molar-refractivity contribution is 5.90. The van der Waals surface area contributed by atoms with Crippen LogP contribution in [0.25, 0.3) is 22.5 Å². The van der Waals surface area contributed by atoms with Crippen LogP contribution < -0.4 is 11.4 Å². The highest BCUT2D eigenvalue weighted by atomic mass is 16.5. The van der Waals surface area contributed by atoms with Gasteiger partial charge in [-0.05, 0) is 17.7 Å². The number of aromatic nitrogens is 4. The normalized spacial score (nSPS) is 12.6. The zero-order chi connectivity index (χ0) is 17.6. The molecule has 0 spiro atoms. The van der Waals surface area contributed by atoms with E-state index < -0.39 is 6.04 Å². The van der Waals surface area contributed by atoms with E-state index in [1.54, 1.807) is 23.2 Å². The Hall–Kier alpha value is -3.19. The number of benzene rings is 2. The molecule has 0 saturated heterocycles. The Morgan fingerprint density at radius 1 is 1.04 bits per heavy atom. The van der Waals surface area contributed by atoms with Crippen molar-refractivity contribution < 1.29 is 4.52 Å². The first-order valence-corrected chi connectivity index (χ1v) is 7.87. The number of nitrogens with zero attached hydrogens (tertiary/aromatic N) is 4.